The van der Waals surface area contributed by atoms with E-state index in [1.807, 2.05) is 0 Å². The van der Waals surface area contributed by atoms with E-state index in [1.165, 1.54) is 30.4 Å². The van der Waals surface area contributed by atoms with Gasteiger partial charge in [-0.2, -0.15) is 0 Å². The summed E-state index contributed by atoms with van der Waals surface area (Å²) in [6, 6.07) is 8.66. The molecule has 0 bridgehead atoms. The lowest BCUT2D eigenvalue weighted by Gasteiger charge is -2.14. The molecule has 0 aromatic heterocycles. The summed E-state index contributed by atoms with van der Waals surface area (Å²) < 4.78 is 0. The lowest BCUT2D eigenvalue weighted by Crippen LogP contribution is -2.16. The molecule has 0 spiro atoms. The molecule has 1 aromatic rings. The molecule has 2 saturated carbocycles. The van der Waals surface area contributed by atoms with Gasteiger partial charge in [-0.05, 0) is 50.0 Å². The number of hydrogen-bond donors (Lipinski definition) is 1. The summed E-state index contributed by atoms with van der Waals surface area (Å²) >= 11 is 0. The molecule has 2 aliphatic carbocycles. The van der Waals surface area contributed by atoms with Crippen molar-refractivity contribution in [2.24, 2.45) is 11.8 Å². The van der Waals surface area contributed by atoms with Crippen LogP contribution in [0.5, 0.6) is 0 Å². The van der Waals surface area contributed by atoms with Crippen LogP contribution in [0, 0.1) is 18.8 Å². The van der Waals surface area contributed by atoms with Crippen LogP contribution < -0.4 is 0 Å². The summed E-state index contributed by atoms with van der Waals surface area (Å²) in [6.07, 6.45) is 5.85. The highest BCUT2D eigenvalue weighted by Gasteiger charge is 2.64. The van der Waals surface area contributed by atoms with Gasteiger partial charge in [0.25, 0.3) is 0 Å². The van der Waals surface area contributed by atoms with E-state index in [9.17, 15) is 5.11 Å². The molecule has 1 heteroatoms. The van der Waals surface area contributed by atoms with Crippen LogP contribution in [0.25, 0.3) is 0 Å². The van der Waals surface area contributed by atoms with Gasteiger partial charge in [-0.25, -0.2) is 0 Å². The lowest BCUT2D eigenvalue weighted by atomic mass is 9.99. The Morgan fingerprint density at radius 1 is 1.31 bits per heavy atom. The quantitative estimate of drug-likeness (QED) is 0.823. The van der Waals surface area contributed by atoms with E-state index in [2.05, 4.69) is 31.2 Å². The molecular weight excluding hydrogens is 196 g/mol. The zero-order valence-corrected chi connectivity index (χ0v) is 9.95. The third-order valence-corrected chi connectivity index (χ3v) is 4.59. The van der Waals surface area contributed by atoms with Crippen LogP contribution in [0.2, 0.25) is 0 Å². The van der Waals surface area contributed by atoms with Gasteiger partial charge in [0.2, 0.25) is 0 Å². The third-order valence-electron chi connectivity index (χ3n) is 4.59. The van der Waals surface area contributed by atoms with Crippen molar-refractivity contribution in [2.45, 2.75) is 44.6 Å². The van der Waals surface area contributed by atoms with E-state index in [-0.39, 0.29) is 5.60 Å². The van der Waals surface area contributed by atoms with Gasteiger partial charge in [-0.3, -0.25) is 0 Å². The first-order valence-corrected chi connectivity index (χ1v) is 6.48. The Morgan fingerprint density at radius 2 is 2.06 bits per heavy atom. The van der Waals surface area contributed by atoms with E-state index in [0.29, 0.717) is 11.8 Å². The molecule has 1 nitrogen and oxygen atoms in total. The third kappa shape index (κ3) is 1.58. The Bertz CT molecular complexity index is 386. The highest BCUT2D eigenvalue weighted by molar-refractivity contribution is 5.24. The van der Waals surface area contributed by atoms with E-state index in [4.69, 9.17) is 0 Å². The van der Waals surface area contributed by atoms with Crippen molar-refractivity contribution in [1.82, 2.24) is 0 Å². The fourth-order valence-electron chi connectivity index (χ4n) is 3.63. The summed E-state index contributed by atoms with van der Waals surface area (Å²) in [5, 5.41) is 10.4. The number of aryl methyl sites for hydroxylation is 2. The van der Waals surface area contributed by atoms with Gasteiger partial charge in [-0.1, -0.05) is 36.2 Å². The first-order valence-electron chi connectivity index (χ1n) is 6.48. The van der Waals surface area contributed by atoms with Crippen LogP contribution in [0.4, 0.5) is 0 Å². The smallest absolute Gasteiger partial charge is 0.0714 e. The number of benzene rings is 1. The van der Waals surface area contributed by atoms with Crippen molar-refractivity contribution in [3.63, 3.8) is 0 Å². The molecule has 86 valence electrons. The van der Waals surface area contributed by atoms with Crippen LogP contribution in [0.3, 0.4) is 0 Å². The second-order valence-electron chi connectivity index (χ2n) is 5.62. The van der Waals surface area contributed by atoms with Gasteiger partial charge in [0, 0.05) is 0 Å². The van der Waals surface area contributed by atoms with E-state index < -0.39 is 0 Å². The van der Waals surface area contributed by atoms with Crippen LogP contribution in [-0.4, -0.2) is 10.7 Å². The standard InChI is InChI=1S/C15H20O/c1-11-4-2-5-12(10-11)8-9-15(16)13-6-3-7-14(13)15/h2,4-5,10,13-14,16H,3,6-9H2,1H3. The Labute approximate surface area is 97.5 Å². The van der Waals surface area contributed by atoms with Gasteiger partial charge in [0.15, 0.2) is 0 Å². The van der Waals surface area contributed by atoms with Crippen LogP contribution in [0.15, 0.2) is 24.3 Å². The van der Waals surface area contributed by atoms with Crippen LogP contribution >= 0.6 is 0 Å². The summed E-state index contributed by atoms with van der Waals surface area (Å²) in [5.74, 6) is 1.27. The molecule has 0 saturated heterocycles. The molecule has 2 atom stereocenters. The summed E-state index contributed by atoms with van der Waals surface area (Å²) in [4.78, 5) is 0. The highest BCUT2D eigenvalue weighted by atomic mass is 16.3. The van der Waals surface area contributed by atoms with Crippen molar-refractivity contribution >= 4 is 0 Å². The second kappa shape index (κ2) is 3.59. The molecule has 0 aliphatic heterocycles. The molecule has 0 radical (unpaired) electrons. The number of rotatable bonds is 3. The van der Waals surface area contributed by atoms with E-state index >= 15 is 0 Å². The summed E-state index contributed by atoms with van der Waals surface area (Å²) in [5.41, 5.74) is 2.40. The summed E-state index contributed by atoms with van der Waals surface area (Å²) in [6.45, 7) is 2.13. The Balaban J connectivity index is 1.61. The molecule has 1 aromatic carbocycles. The first-order chi connectivity index (χ1) is 7.70. The molecule has 1 N–H and O–H groups in total. The molecule has 0 heterocycles. The molecule has 16 heavy (non-hydrogen) atoms. The van der Waals surface area contributed by atoms with Crippen molar-refractivity contribution < 1.29 is 5.11 Å². The monoisotopic (exact) mass is 216 g/mol. The van der Waals surface area contributed by atoms with E-state index in [0.717, 1.165) is 12.8 Å². The topological polar surface area (TPSA) is 20.2 Å². The predicted molar refractivity (Wildman–Crippen MR) is 65.3 cm³/mol. The maximum Gasteiger partial charge on any atom is 0.0714 e. The number of aliphatic hydroxyl groups is 1. The molecule has 2 unspecified atom stereocenters. The Hall–Kier alpha value is -0.820. The SMILES string of the molecule is Cc1cccc(CCC2(O)C3CCCC32)c1. The zero-order chi connectivity index (χ0) is 11.2. The zero-order valence-electron chi connectivity index (χ0n) is 9.95. The van der Waals surface area contributed by atoms with Gasteiger partial charge in [0.05, 0.1) is 5.60 Å². The van der Waals surface area contributed by atoms with Gasteiger partial charge < -0.3 is 5.11 Å². The Kier molecular flexibility index (Phi) is 2.32. The molecule has 0 amide bonds. The van der Waals surface area contributed by atoms with Gasteiger partial charge in [0.1, 0.15) is 0 Å². The van der Waals surface area contributed by atoms with Crippen LogP contribution in [-0.2, 0) is 6.42 Å². The molecule has 2 aliphatic rings. The fraction of sp³-hybridized carbons (Fsp3) is 0.600. The van der Waals surface area contributed by atoms with Gasteiger partial charge >= 0.3 is 0 Å². The van der Waals surface area contributed by atoms with E-state index in [1.54, 1.807) is 0 Å². The largest absolute Gasteiger partial charge is 0.389 e. The molecule has 2 fully saturated rings. The van der Waals surface area contributed by atoms with Crippen molar-refractivity contribution in [2.75, 3.05) is 0 Å². The predicted octanol–water partition coefficient (Wildman–Crippen LogP) is 3.09. The molecule has 3 rings (SSSR count). The van der Waals surface area contributed by atoms with Crippen LogP contribution in [0.1, 0.15) is 36.8 Å². The average Bonchev–Trinajstić information content (AvgIpc) is 2.69. The first kappa shape index (κ1) is 10.3. The molecular formula is C15H20O. The maximum atomic E-state index is 10.4. The normalized spacial score (nSPS) is 36.1. The maximum absolute atomic E-state index is 10.4. The second-order valence-corrected chi connectivity index (χ2v) is 5.62. The Morgan fingerprint density at radius 3 is 2.75 bits per heavy atom. The van der Waals surface area contributed by atoms with Crippen molar-refractivity contribution in [3.05, 3.63) is 35.4 Å². The van der Waals surface area contributed by atoms with Crippen molar-refractivity contribution in [1.29, 1.82) is 0 Å². The average molecular weight is 216 g/mol. The highest BCUT2D eigenvalue weighted by Crippen LogP contribution is 2.62. The number of hydrogen-bond acceptors (Lipinski definition) is 1. The minimum absolute atomic E-state index is 0.290. The fourth-order valence-corrected chi connectivity index (χ4v) is 3.63. The van der Waals surface area contributed by atoms with Crippen molar-refractivity contribution in [3.8, 4) is 0 Å². The minimum atomic E-state index is -0.290. The number of fused-ring (bicyclic) bond motifs is 1. The van der Waals surface area contributed by atoms with Gasteiger partial charge in [-0.15, -0.1) is 0 Å². The summed E-state index contributed by atoms with van der Waals surface area (Å²) in [7, 11) is 0. The minimum Gasteiger partial charge on any atom is -0.389 e. The lowest BCUT2D eigenvalue weighted by molar-refractivity contribution is 0.0970.